The Kier molecular flexibility index (Phi) is 4.00. The summed E-state index contributed by atoms with van der Waals surface area (Å²) in [4.78, 5) is 26.6. The van der Waals surface area contributed by atoms with E-state index in [1.54, 1.807) is 12.1 Å². The minimum absolute atomic E-state index is 0.0933. The standard InChI is InChI=1S/C12H5Cl2N3O3S2/c13-5-3-6(14)10-8(4-5)22-12(15-10)16-11(18)7-1-2-9(21-7)17(19)20/h1-4H,(H,15,16,18). The van der Waals surface area contributed by atoms with Crippen LogP contribution in [0.25, 0.3) is 10.2 Å². The van der Waals surface area contributed by atoms with Crippen LogP contribution in [0.15, 0.2) is 24.3 Å². The highest BCUT2D eigenvalue weighted by molar-refractivity contribution is 7.22. The van der Waals surface area contributed by atoms with Gasteiger partial charge in [-0.05, 0) is 18.2 Å². The molecule has 10 heteroatoms. The zero-order valence-corrected chi connectivity index (χ0v) is 13.6. The number of halogens is 2. The average molecular weight is 374 g/mol. The van der Waals surface area contributed by atoms with Crippen LogP contribution in [-0.4, -0.2) is 15.8 Å². The van der Waals surface area contributed by atoms with Crippen molar-refractivity contribution in [1.82, 2.24) is 4.98 Å². The van der Waals surface area contributed by atoms with E-state index in [1.807, 2.05) is 0 Å². The predicted molar refractivity (Wildman–Crippen MR) is 88.6 cm³/mol. The number of fused-ring (bicyclic) bond motifs is 1. The van der Waals surface area contributed by atoms with E-state index in [-0.39, 0.29) is 9.88 Å². The van der Waals surface area contributed by atoms with Crippen LogP contribution in [0.1, 0.15) is 9.67 Å². The van der Waals surface area contributed by atoms with E-state index in [2.05, 4.69) is 10.3 Å². The summed E-state index contributed by atoms with van der Waals surface area (Å²) >= 11 is 14.0. The van der Waals surface area contributed by atoms with E-state index in [0.717, 1.165) is 16.0 Å². The quantitative estimate of drug-likeness (QED) is 0.526. The van der Waals surface area contributed by atoms with E-state index in [1.165, 1.54) is 23.5 Å². The Morgan fingerprint density at radius 3 is 2.73 bits per heavy atom. The maximum atomic E-state index is 12.1. The molecule has 0 aliphatic rings. The molecule has 0 spiro atoms. The lowest BCUT2D eigenvalue weighted by atomic mass is 10.3. The van der Waals surface area contributed by atoms with Gasteiger partial charge in [0.05, 0.1) is 19.5 Å². The molecule has 2 aromatic heterocycles. The summed E-state index contributed by atoms with van der Waals surface area (Å²) in [5.41, 5.74) is 0.545. The topological polar surface area (TPSA) is 85.1 Å². The Morgan fingerprint density at radius 2 is 2.05 bits per heavy atom. The Bertz CT molecular complexity index is 906. The van der Waals surface area contributed by atoms with Crippen molar-refractivity contribution in [2.24, 2.45) is 0 Å². The van der Waals surface area contributed by atoms with Crippen LogP contribution in [0.5, 0.6) is 0 Å². The molecule has 112 valence electrons. The highest BCUT2D eigenvalue weighted by Gasteiger charge is 2.17. The lowest BCUT2D eigenvalue weighted by Crippen LogP contribution is -2.09. The number of nitrogens with one attached hydrogen (secondary N) is 1. The fourth-order valence-corrected chi connectivity index (χ4v) is 4.02. The second kappa shape index (κ2) is 5.81. The van der Waals surface area contributed by atoms with Crippen LogP contribution in [-0.2, 0) is 0 Å². The molecule has 2 heterocycles. The van der Waals surface area contributed by atoms with Gasteiger partial charge in [-0.15, -0.1) is 0 Å². The minimum atomic E-state index is -0.541. The molecule has 0 saturated heterocycles. The molecule has 0 bridgehead atoms. The van der Waals surface area contributed by atoms with E-state index >= 15 is 0 Å². The highest BCUT2D eigenvalue weighted by atomic mass is 35.5. The van der Waals surface area contributed by atoms with Crippen LogP contribution in [0, 0.1) is 10.1 Å². The molecule has 0 aliphatic carbocycles. The van der Waals surface area contributed by atoms with Crippen molar-refractivity contribution in [1.29, 1.82) is 0 Å². The fourth-order valence-electron chi connectivity index (χ4n) is 1.72. The molecule has 0 atom stereocenters. The second-order valence-electron chi connectivity index (χ2n) is 4.10. The van der Waals surface area contributed by atoms with Gasteiger partial charge in [-0.2, -0.15) is 0 Å². The molecule has 0 fully saturated rings. The van der Waals surface area contributed by atoms with E-state index in [9.17, 15) is 14.9 Å². The fraction of sp³-hybridized carbons (Fsp3) is 0. The summed E-state index contributed by atoms with van der Waals surface area (Å²) in [7, 11) is 0. The number of amides is 1. The Labute approximate surface area is 141 Å². The molecule has 0 radical (unpaired) electrons. The maximum absolute atomic E-state index is 12.1. The normalized spacial score (nSPS) is 10.8. The SMILES string of the molecule is O=C(Nc1nc2c(Cl)cc(Cl)cc2s1)c1ccc([N+](=O)[O-])s1. The van der Waals surface area contributed by atoms with Crippen LogP contribution in [0.4, 0.5) is 10.1 Å². The molecule has 1 aromatic carbocycles. The molecule has 0 unspecified atom stereocenters. The van der Waals surface area contributed by atoms with Crippen LogP contribution < -0.4 is 5.32 Å². The summed E-state index contributed by atoms with van der Waals surface area (Å²) in [5, 5.41) is 14.4. The number of hydrogen-bond acceptors (Lipinski definition) is 6. The second-order valence-corrected chi connectivity index (χ2v) is 7.04. The van der Waals surface area contributed by atoms with Crippen molar-refractivity contribution >= 4 is 72.1 Å². The van der Waals surface area contributed by atoms with Gasteiger partial charge in [-0.3, -0.25) is 20.2 Å². The summed E-state index contributed by atoms with van der Waals surface area (Å²) in [6.07, 6.45) is 0. The first-order chi connectivity index (χ1) is 10.4. The number of nitrogens with zero attached hydrogens (tertiary/aromatic N) is 2. The third-order valence-electron chi connectivity index (χ3n) is 2.63. The van der Waals surface area contributed by atoms with Crippen LogP contribution in [0.2, 0.25) is 10.0 Å². The third-order valence-corrected chi connectivity index (χ3v) is 5.09. The van der Waals surface area contributed by atoms with Crippen molar-refractivity contribution in [3.63, 3.8) is 0 Å². The van der Waals surface area contributed by atoms with Crippen molar-refractivity contribution in [2.45, 2.75) is 0 Å². The average Bonchev–Trinajstić information content (AvgIpc) is 3.04. The molecule has 0 saturated carbocycles. The summed E-state index contributed by atoms with van der Waals surface area (Å²) in [6.45, 7) is 0. The molecular formula is C12H5Cl2N3O3S2. The number of aromatic nitrogens is 1. The van der Waals surface area contributed by atoms with E-state index in [4.69, 9.17) is 23.2 Å². The monoisotopic (exact) mass is 373 g/mol. The van der Waals surface area contributed by atoms with Crippen molar-refractivity contribution in [3.05, 3.63) is 49.3 Å². The molecule has 3 aromatic rings. The number of thiazole rings is 1. The number of rotatable bonds is 3. The largest absolute Gasteiger partial charge is 0.324 e. The number of nitro groups is 1. The molecule has 1 N–H and O–H groups in total. The van der Waals surface area contributed by atoms with Gasteiger partial charge in [0.2, 0.25) is 0 Å². The first-order valence-electron chi connectivity index (χ1n) is 5.75. The third kappa shape index (κ3) is 2.91. The predicted octanol–water partition coefficient (Wildman–Crippen LogP) is 4.83. The number of benzene rings is 1. The zero-order chi connectivity index (χ0) is 15.9. The van der Waals surface area contributed by atoms with Gasteiger partial charge in [0, 0.05) is 11.1 Å². The first-order valence-corrected chi connectivity index (χ1v) is 8.14. The number of thiophene rings is 1. The van der Waals surface area contributed by atoms with Gasteiger partial charge >= 0.3 is 5.00 Å². The van der Waals surface area contributed by atoms with E-state index in [0.29, 0.717) is 20.7 Å². The number of anilines is 1. The highest BCUT2D eigenvalue weighted by Crippen LogP contribution is 2.34. The summed E-state index contributed by atoms with van der Waals surface area (Å²) < 4.78 is 0.741. The van der Waals surface area contributed by atoms with Crippen LogP contribution >= 0.6 is 45.9 Å². The van der Waals surface area contributed by atoms with Gasteiger partial charge in [0.1, 0.15) is 5.52 Å². The van der Waals surface area contributed by atoms with Gasteiger partial charge in [-0.25, -0.2) is 4.98 Å². The maximum Gasteiger partial charge on any atom is 0.324 e. The van der Waals surface area contributed by atoms with Crippen molar-refractivity contribution < 1.29 is 9.72 Å². The minimum Gasteiger partial charge on any atom is -0.297 e. The zero-order valence-electron chi connectivity index (χ0n) is 10.5. The molecule has 6 nitrogen and oxygen atoms in total. The summed E-state index contributed by atoms with van der Waals surface area (Å²) in [5.74, 6) is -0.459. The van der Waals surface area contributed by atoms with E-state index < -0.39 is 10.8 Å². The lowest BCUT2D eigenvalue weighted by Gasteiger charge is -1.96. The molecule has 22 heavy (non-hydrogen) atoms. The van der Waals surface area contributed by atoms with Gasteiger partial charge in [0.15, 0.2) is 5.13 Å². The number of carbonyl (C=O) groups is 1. The van der Waals surface area contributed by atoms with Crippen molar-refractivity contribution in [2.75, 3.05) is 5.32 Å². The van der Waals surface area contributed by atoms with Gasteiger partial charge in [0.25, 0.3) is 5.91 Å². The molecule has 1 amide bonds. The van der Waals surface area contributed by atoms with Crippen molar-refractivity contribution in [3.8, 4) is 0 Å². The molecule has 3 rings (SSSR count). The lowest BCUT2D eigenvalue weighted by molar-refractivity contribution is -0.380. The Balaban J connectivity index is 1.87. The van der Waals surface area contributed by atoms with Gasteiger partial charge in [-0.1, -0.05) is 45.9 Å². The summed E-state index contributed by atoms with van der Waals surface area (Å²) in [6, 6.07) is 5.95. The number of carbonyl (C=O) groups excluding carboxylic acids is 1. The Morgan fingerprint density at radius 1 is 1.27 bits per heavy atom. The van der Waals surface area contributed by atoms with Crippen LogP contribution in [0.3, 0.4) is 0 Å². The Hall–Kier alpha value is -1.74. The first kappa shape index (κ1) is 15.2. The number of hydrogen-bond donors (Lipinski definition) is 1. The van der Waals surface area contributed by atoms with Gasteiger partial charge < -0.3 is 0 Å². The molecule has 0 aliphatic heterocycles. The molecular weight excluding hydrogens is 369 g/mol. The smallest absolute Gasteiger partial charge is 0.297 e.